The van der Waals surface area contributed by atoms with Crippen molar-refractivity contribution in [3.8, 4) is 0 Å². The molecule has 2 N–H and O–H groups in total. The van der Waals surface area contributed by atoms with E-state index in [1.165, 1.54) is 0 Å². The summed E-state index contributed by atoms with van der Waals surface area (Å²) in [6.07, 6.45) is 2.91. The van der Waals surface area contributed by atoms with Gasteiger partial charge in [0.2, 0.25) is 0 Å². The molecule has 0 unspecified atom stereocenters. The van der Waals surface area contributed by atoms with Crippen LogP contribution in [0.25, 0.3) is 0 Å². The van der Waals surface area contributed by atoms with Crippen molar-refractivity contribution in [3.63, 3.8) is 0 Å². The first-order valence-electron chi connectivity index (χ1n) is 7.20. The van der Waals surface area contributed by atoms with Crippen LogP contribution >= 0.6 is 12.2 Å². The molecule has 2 aromatic rings. The number of thiocarbonyl (C=S) groups is 1. The maximum atomic E-state index is 11.2. The Kier molecular flexibility index (Phi) is 5.66. The van der Waals surface area contributed by atoms with Gasteiger partial charge in [0.15, 0.2) is 10.9 Å². The molecule has 0 spiro atoms. The van der Waals surface area contributed by atoms with Gasteiger partial charge in [0.05, 0.1) is 5.69 Å². The summed E-state index contributed by atoms with van der Waals surface area (Å²) < 4.78 is 1.92. The summed E-state index contributed by atoms with van der Waals surface area (Å²) in [6.45, 7) is 5.16. The minimum atomic E-state index is 0.0566. The van der Waals surface area contributed by atoms with Gasteiger partial charge in [0.1, 0.15) is 0 Å². The lowest BCUT2D eigenvalue weighted by atomic mass is 10.1. The van der Waals surface area contributed by atoms with Crippen LogP contribution in [0, 0.1) is 6.92 Å². The van der Waals surface area contributed by atoms with Crippen LogP contribution in [0.4, 0.5) is 5.69 Å². The van der Waals surface area contributed by atoms with Crippen LogP contribution in [-0.4, -0.2) is 27.2 Å². The Labute approximate surface area is 135 Å². The largest absolute Gasteiger partial charge is 0.362 e. The molecule has 0 radical (unpaired) electrons. The van der Waals surface area contributed by atoms with Crippen molar-refractivity contribution in [1.29, 1.82) is 0 Å². The van der Waals surface area contributed by atoms with E-state index in [0.717, 1.165) is 30.9 Å². The van der Waals surface area contributed by atoms with Gasteiger partial charge in [-0.15, -0.1) is 0 Å². The summed E-state index contributed by atoms with van der Waals surface area (Å²) in [4.78, 5) is 11.2. The monoisotopic (exact) mass is 316 g/mol. The summed E-state index contributed by atoms with van der Waals surface area (Å²) in [5, 5.41) is 11.2. The number of nitrogens with one attached hydrogen (secondary N) is 2. The number of hydrogen-bond acceptors (Lipinski definition) is 3. The Bertz CT molecular complexity index is 648. The molecule has 6 heteroatoms. The van der Waals surface area contributed by atoms with Crippen molar-refractivity contribution in [3.05, 3.63) is 47.8 Å². The van der Waals surface area contributed by atoms with E-state index in [2.05, 4.69) is 15.7 Å². The highest BCUT2D eigenvalue weighted by molar-refractivity contribution is 7.80. The lowest BCUT2D eigenvalue weighted by Crippen LogP contribution is -2.29. The molecule has 2 rings (SSSR count). The second kappa shape index (κ2) is 7.70. The lowest BCUT2D eigenvalue weighted by molar-refractivity contribution is 0.101. The number of anilines is 1. The average molecular weight is 316 g/mol. The number of ketones is 1. The first-order chi connectivity index (χ1) is 10.5. The minimum Gasteiger partial charge on any atom is -0.362 e. The van der Waals surface area contributed by atoms with E-state index < -0.39 is 0 Å². The van der Waals surface area contributed by atoms with Crippen molar-refractivity contribution < 1.29 is 4.79 Å². The molecular formula is C16H20N4OS. The molecule has 0 saturated heterocycles. The molecule has 116 valence electrons. The van der Waals surface area contributed by atoms with Gasteiger partial charge in [-0.25, -0.2) is 0 Å². The van der Waals surface area contributed by atoms with Crippen LogP contribution in [-0.2, 0) is 6.54 Å². The first kappa shape index (κ1) is 16.2. The van der Waals surface area contributed by atoms with E-state index in [1.807, 2.05) is 36.0 Å². The van der Waals surface area contributed by atoms with Crippen molar-refractivity contribution in [1.82, 2.24) is 15.1 Å². The molecule has 0 fully saturated rings. The Morgan fingerprint density at radius 2 is 2.00 bits per heavy atom. The number of carbonyl (C=O) groups is 1. The average Bonchev–Trinajstić information content (AvgIpc) is 2.90. The third-order valence-corrected chi connectivity index (χ3v) is 3.42. The molecule has 0 aliphatic heterocycles. The number of carbonyl (C=O) groups excluding carboxylic acids is 1. The zero-order valence-corrected chi connectivity index (χ0v) is 13.6. The summed E-state index contributed by atoms with van der Waals surface area (Å²) >= 11 is 5.24. The van der Waals surface area contributed by atoms with E-state index in [4.69, 9.17) is 12.2 Å². The summed E-state index contributed by atoms with van der Waals surface area (Å²) in [7, 11) is 0. The maximum absolute atomic E-state index is 11.2. The van der Waals surface area contributed by atoms with E-state index in [9.17, 15) is 4.79 Å². The predicted octanol–water partition coefficient (Wildman–Crippen LogP) is 2.77. The summed E-state index contributed by atoms with van der Waals surface area (Å²) in [5.74, 6) is 0.0566. The molecule has 0 atom stereocenters. The fourth-order valence-electron chi connectivity index (χ4n) is 1.99. The lowest BCUT2D eigenvalue weighted by Gasteiger charge is -2.10. The number of hydrogen-bond donors (Lipinski definition) is 2. The maximum Gasteiger partial charge on any atom is 0.170 e. The number of nitrogens with zero attached hydrogens (tertiary/aromatic N) is 2. The third kappa shape index (κ3) is 4.96. The highest BCUT2D eigenvalue weighted by Crippen LogP contribution is 2.09. The predicted molar refractivity (Wildman–Crippen MR) is 92.3 cm³/mol. The first-order valence-corrected chi connectivity index (χ1v) is 7.61. The van der Waals surface area contributed by atoms with Crippen LogP contribution in [0.1, 0.15) is 29.4 Å². The van der Waals surface area contributed by atoms with Gasteiger partial charge in [0.25, 0.3) is 0 Å². The van der Waals surface area contributed by atoms with Crippen LogP contribution < -0.4 is 10.6 Å². The molecule has 1 aromatic heterocycles. The Morgan fingerprint density at radius 3 is 2.59 bits per heavy atom. The van der Waals surface area contributed by atoms with Gasteiger partial charge in [-0.05, 0) is 62.8 Å². The number of aromatic nitrogens is 2. The van der Waals surface area contributed by atoms with Crippen molar-refractivity contribution in [2.24, 2.45) is 0 Å². The Morgan fingerprint density at radius 1 is 1.27 bits per heavy atom. The smallest absolute Gasteiger partial charge is 0.170 e. The van der Waals surface area contributed by atoms with Crippen molar-refractivity contribution in [2.45, 2.75) is 26.8 Å². The van der Waals surface area contributed by atoms with E-state index >= 15 is 0 Å². The van der Waals surface area contributed by atoms with Crippen molar-refractivity contribution >= 4 is 28.8 Å². The fourth-order valence-corrected chi connectivity index (χ4v) is 2.21. The third-order valence-electron chi connectivity index (χ3n) is 3.17. The van der Waals surface area contributed by atoms with Crippen LogP contribution in [0.5, 0.6) is 0 Å². The van der Waals surface area contributed by atoms with Crippen LogP contribution in [0.2, 0.25) is 0 Å². The summed E-state index contributed by atoms with van der Waals surface area (Å²) in [6, 6.07) is 9.25. The van der Waals surface area contributed by atoms with Gasteiger partial charge in [-0.2, -0.15) is 5.10 Å². The minimum absolute atomic E-state index is 0.0566. The number of benzene rings is 1. The normalized spacial score (nSPS) is 10.3. The van der Waals surface area contributed by atoms with Gasteiger partial charge in [-0.3, -0.25) is 9.48 Å². The Hall–Kier alpha value is -2.21. The second-order valence-electron chi connectivity index (χ2n) is 5.09. The molecule has 0 aliphatic carbocycles. The standard InChI is InChI=1S/C16H20N4OS/c1-12-8-11-20(19-12)10-3-9-17-16(22)18-15-6-4-14(5-7-15)13(2)21/h4-8,11H,3,9-10H2,1-2H3,(H2,17,18,22). The molecule has 0 saturated carbocycles. The van der Waals surface area contributed by atoms with Gasteiger partial charge in [0, 0.05) is 30.5 Å². The van der Waals surface area contributed by atoms with Gasteiger partial charge in [-0.1, -0.05) is 0 Å². The second-order valence-corrected chi connectivity index (χ2v) is 5.50. The van der Waals surface area contributed by atoms with Crippen LogP contribution in [0.15, 0.2) is 36.5 Å². The molecule has 22 heavy (non-hydrogen) atoms. The zero-order chi connectivity index (χ0) is 15.9. The van der Waals surface area contributed by atoms with Crippen molar-refractivity contribution in [2.75, 3.05) is 11.9 Å². The molecule has 0 amide bonds. The molecule has 0 bridgehead atoms. The highest BCUT2D eigenvalue weighted by Gasteiger charge is 2.01. The SMILES string of the molecule is CC(=O)c1ccc(NC(=S)NCCCn2ccc(C)n2)cc1. The molecule has 1 heterocycles. The number of rotatable bonds is 6. The highest BCUT2D eigenvalue weighted by atomic mass is 32.1. The molecular weight excluding hydrogens is 296 g/mol. The van der Waals surface area contributed by atoms with E-state index in [1.54, 1.807) is 19.1 Å². The van der Waals surface area contributed by atoms with E-state index in [-0.39, 0.29) is 5.78 Å². The molecule has 0 aliphatic rings. The zero-order valence-electron chi connectivity index (χ0n) is 12.8. The topological polar surface area (TPSA) is 59.0 Å². The molecule has 5 nitrogen and oxygen atoms in total. The Balaban J connectivity index is 1.70. The van der Waals surface area contributed by atoms with Gasteiger partial charge >= 0.3 is 0 Å². The number of aryl methyl sites for hydroxylation is 2. The number of Topliss-reactive ketones (excluding diaryl/α,β-unsaturated/α-hetero) is 1. The van der Waals surface area contributed by atoms with Gasteiger partial charge < -0.3 is 10.6 Å². The quantitative estimate of drug-likeness (QED) is 0.487. The summed E-state index contributed by atoms with van der Waals surface area (Å²) in [5.41, 5.74) is 2.59. The fraction of sp³-hybridized carbons (Fsp3) is 0.312. The van der Waals surface area contributed by atoms with E-state index in [0.29, 0.717) is 10.7 Å². The molecule has 1 aromatic carbocycles. The van der Waals surface area contributed by atoms with Crippen LogP contribution in [0.3, 0.4) is 0 Å².